The first-order valence-electron chi connectivity index (χ1n) is 20.6. The molecule has 0 saturated heterocycles. The lowest BCUT2D eigenvalue weighted by Crippen LogP contribution is -2.60. The van der Waals surface area contributed by atoms with Gasteiger partial charge in [-0.2, -0.15) is 11.8 Å². The second-order valence-corrected chi connectivity index (χ2v) is 16.3. The fourth-order valence-corrected chi connectivity index (χ4v) is 6.32. The normalized spacial score (nSPS) is 13.9. The molecule has 61 heavy (non-hydrogen) atoms. The van der Waals surface area contributed by atoms with Gasteiger partial charge in [-0.1, -0.05) is 27.7 Å². The Labute approximate surface area is 363 Å². The molecule has 348 valence electrons. The zero-order valence-electron chi connectivity index (χ0n) is 36.6. The third kappa shape index (κ3) is 25.9. The molecule has 7 amide bonds. The van der Waals surface area contributed by atoms with E-state index in [1.807, 2.05) is 20.1 Å². The quantitative estimate of drug-likeness (QED) is 0.0138. The monoisotopic (exact) mass is 885 g/mol. The number of carbonyl (C=O) groups is 8. The maximum absolute atomic E-state index is 14.0. The van der Waals surface area contributed by atoms with Crippen LogP contribution in [0, 0.1) is 11.8 Å². The molecule has 22 nitrogen and oxygen atoms in total. The van der Waals surface area contributed by atoms with Gasteiger partial charge in [-0.3, -0.25) is 43.5 Å². The van der Waals surface area contributed by atoms with Gasteiger partial charge in [-0.15, -0.1) is 0 Å². The summed E-state index contributed by atoms with van der Waals surface area (Å²) in [6.45, 7) is 8.85. The Balaban J connectivity index is 6.42. The smallest absolute Gasteiger partial charge is 0.243 e. The molecule has 6 atom stereocenters. The third-order valence-electron chi connectivity index (χ3n) is 8.99. The molecule has 0 spiro atoms. The summed E-state index contributed by atoms with van der Waals surface area (Å²) in [5, 5.41) is 18.8. The fourth-order valence-electron chi connectivity index (χ4n) is 5.84. The van der Waals surface area contributed by atoms with E-state index in [1.165, 1.54) is 18.7 Å². The number of rotatable bonds is 32. The highest BCUT2D eigenvalue weighted by molar-refractivity contribution is 7.98. The van der Waals surface area contributed by atoms with Gasteiger partial charge in [0, 0.05) is 26.6 Å². The molecule has 0 aromatic heterocycles. The lowest BCUT2D eigenvalue weighted by atomic mass is 10.0. The first-order valence-corrected chi connectivity index (χ1v) is 22.0. The van der Waals surface area contributed by atoms with Crippen LogP contribution in [0.2, 0.25) is 0 Å². The minimum absolute atomic E-state index is 0.0234. The summed E-state index contributed by atoms with van der Waals surface area (Å²) in [4.78, 5) is 112. The van der Waals surface area contributed by atoms with E-state index in [9.17, 15) is 38.4 Å². The lowest BCUT2D eigenvalue weighted by molar-refractivity contribution is -0.136. The van der Waals surface area contributed by atoms with Gasteiger partial charge in [0.1, 0.15) is 36.5 Å². The van der Waals surface area contributed by atoms with Crippen LogP contribution in [0.1, 0.15) is 92.4 Å². The molecule has 23 heteroatoms. The number of unbranched alkanes of at least 4 members (excludes halogenated alkanes) is 1. The number of hydrogen-bond donors (Lipinski definition) is 12. The number of carbonyl (C=O) groups excluding carboxylic acids is 8. The van der Waals surface area contributed by atoms with Crippen LogP contribution in [-0.2, 0) is 38.4 Å². The second kappa shape index (κ2) is 31.7. The molecule has 0 aromatic rings. The fraction of sp³-hybridized carbons (Fsp3) is 0.737. The Morgan fingerprint density at radius 2 is 1.08 bits per heavy atom. The average Bonchev–Trinajstić information content (AvgIpc) is 3.18. The van der Waals surface area contributed by atoms with Gasteiger partial charge in [-0.25, -0.2) is 0 Å². The predicted molar refractivity (Wildman–Crippen MR) is 236 cm³/mol. The van der Waals surface area contributed by atoms with Crippen molar-refractivity contribution in [3.63, 3.8) is 0 Å². The number of nitrogens with two attached hydrogens (primary N) is 5. The molecule has 0 unspecified atom stereocenters. The molecule has 0 saturated carbocycles. The summed E-state index contributed by atoms with van der Waals surface area (Å²) >= 11 is 1.42. The molecular formula is C38H72N14O8S. The van der Waals surface area contributed by atoms with Crippen LogP contribution in [0.15, 0.2) is 9.98 Å². The molecule has 0 aliphatic rings. The van der Waals surface area contributed by atoms with Gasteiger partial charge in [0.2, 0.25) is 41.4 Å². The largest absolute Gasteiger partial charge is 0.370 e. The van der Waals surface area contributed by atoms with E-state index in [4.69, 9.17) is 28.7 Å². The Kier molecular flexibility index (Phi) is 29.0. The molecule has 0 fully saturated rings. The van der Waals surface area contributed by atoms with Gasteiger partial charge >= 0.3 is 0 Å². The van der Waals surface area contributed by atoms with Crippen LogP contribution in [-0.4, -0.2) is 134 Å². The van der Waals surface area contributed by atoms with E-state index in [-0.39, 0.29) is 81.9 Å². The van der Waals surface area contributed by atoms with Crippen molar-refractivity contribution in [1.29, 1.82) is 0 Å². The van der Waals surface area contributed by atoms with Crippen molar-refractivity contribution in [2.75, 3.05) is 38.2 Å². The summed E-state index contributed by atoms with van der Waals surface area (Å²) in [7, 11) is 0. The van der Waals surface area contributed by atoms with E-state index in [0.29, 0.717) is 37.8 Å². The summed E-state index contributed by atoms with van der Waals surface area (Å²) in [6.07, 6.45) is 4.75. The first-order chi connectivity index (χ1) is 28.7. The van der Waals surface area contributed by atoms with Crippen LogP contribution in [0.5, 0.6) is 0 Å². The Morgan fingerprint density at radius 1 is 0.623 bits per heavy atom. The van der Waals surface area contributed by atoms with Crippen LogP contribution < -0.4 is 65.9 Å². The molecule has 0 aliphatic carbocycles. The maximum atomic E-state index is 14.0. The zero-order valence-corrected chi connectivity index (χ0v) is 37.4. The Bertz CT molecular complexity index is 1470. The number of thioether (sulfide) groups is 1. The van der Waals surface area contributed by atoms with E-state index in [2.05, 4.69) is 47.2 Å². The molecule has 0 bridgehead atoms. The molecule has 0 radical (unpaired) electrons. The van der Waals surface area contributed by atoms with Crippen LogP contribution >= 0.6 is 11.8 Å². The number of nitrogens with one attached hydrogen (secondary N) is 7. The number of aliphatic imine (C=N–C) groups is 2. The zero-order chi connectivity index (χ0) is 46.5. The number of guanidine groups is 2. The SMILES string of the molecule is CSCC[C@H](NC(=O)[C@@H](NC(=O)[C@H](CCCCNC(C)=O)NC(=O)CN)C(C)C)C(=O)N[C@@H](CCCN=C(N)N)C(=O)N[C@@H](CCCN=C(N)N)C(=O)N[C@H](C=O)CC(C)C. The van der Waals surface area contributed by atoms with Gasteiger partial charge in [-0.05, 0) is 81.6 Å². The van der Waals surface area contributed by atoms with Crippen molar-refractivity contribution in [3.8, 4) is 0 Å². The maximum Gasteiger partial charge on any atom is 0.243 e. The van der Waals surface area contributed by atoms with Crippen molar-refractivity contribution >= 4 is 71.3 Å². The van der Waals surface area contributed by atoms with Crippen molar-refractivity contribution in [1.82, 2.24) is 37.2 Å². The number of amides is 7. The highest BCUT2D eigenvalue weighted by Crippen LogP contribution is 2.11. The van der Waals surface area contributed by atoms with Crippen LogP contribution in [0.4, 0.5) is 0 Å². The highest BCUT2D eigenvalue weighted by atomic mass is 32.2. The molecule has 0 aliphatic heterocycles. The van der Waals surface area contributed by atoms with E-state index in [1.54, 1.807) is 13.8 Å². The van der Waals surface area contributed by atoms with Gasteiger partial charge in [0.15, 0.2) is 11.9 Å². The van der Waals surface area contributed by atoms with Gasteiger partial charge in [0.25, 0.3) is 0 Å². The first kappa shape index (κ1) is 55.8. The van der Waals surface area contributed by atoms with Crippen molar-refractivity contribution < 1.29 is 38.4 Å². The summed E-state index contributed by atoms with van der Waals surface area (Å²) in [5.41, 5.74) is 27.3. The standard InChI is InChI=1S/C38H72N14O8S/c1-22(2)19-25(21-53)47-32(56)27(12-9-16-45-37(40)41)49-33(57)28(13-10-17-46-38(42)43)50-34(58)29(14-18-61-6)51-36(60)31(23(3)4)52-35(59)26(48-30(55)20-39)11-7-8-15-44-24(5)54/h21-23,25-29,31H,7-20,39H2,1-6H3,(H,44,54)(H,47,56)(H,48,55)(H,49,57)(H,50,58)(H,51,60)(H,52,59)(H4,40,41,45)(H4,42,43,46)/t25-,26-,27-,28-,29-,31-/m0/s1. The topological polar surface area (TPSA) is 376 Å². The van der Waals surface area contributed by atoms with Crippen molar-refractivity contribution in [2.24, 2.45) is 50.5 Å². The predicted octanol–water partition coefficient (Wildman–Crippen LogP) is -3.08. The molecular weight excluding hydrogens is 813 g/mol. The van der Waals surface area contributed by atoms with Gasteiger partial charge in [0.05, 0.1) is 12.6 Å². The highest BCUT2D eigenvalue weighted by Gasteiger charge is 2.33. The molecule has 0 rings (SSSR count). The summed E-state index contributed by atoms with van der Waals surface area (Å²) in [6, 6.07) is -6.54. The molecule has 17 N–H and O–H groups in total. The van der Waals surface area contributed by atoms with Crippen LogP contribution in [0.25, 0.3) is 0 Å². The second-order valence-electron chi connectivity index (χ2n) is 15.3. The third-order valence-corrected chi connectivity index (χ3v) is 9.64. The summed E-state index contributed by atoms with van der Waals surface area (Å²) in [5.74, 6) is -4.44. The van der Waals surface area contributed by atoms with Crippen molar-refractivity contribution in [3.05, 3.63) is 0 Å². The summed E-state index contributed by atoms with van der Waals surface area (Å²) < 4.78 is 0. The Morgan fingerprint density at radius 3 is 1.52 bits per heavy atom. The number of hydrogen-bond acceptors (Lipinski definition) is 12. The minimum atomic E-state index is -1.24. The van der Waals surface area contributed by atoms with E-state index < -0.39 is 77.6 Å². The lowest BCUT2D eigenvalue weighted by Gasteiger charge is -2.28. The van der Waals surface area contributed by atoms with E-state index >= 15 is 0 Å². The average molecular weight is 885 g/mol. The van der Waals surface area contributed by atoms with Crippen LogP contribution in [0.3, 0.4) is 0 Å². The number of nitrogens with zero attached hydrogens (tertiary/aromatic N) is 2. The molecule has 0 aromatic carbocycles. The number of aldehydes is 1. The van der Waals surface area contributed by atoms with Crippen molar-refractivity contribution in [2.45, 2.75) is 129 Å². The minimum Gasteiger partial charge on any atom is -0.370 e. The Hall–Kier alpha value is -5.19. The van der Waals surface area contributed by atoms with E-state index in [0.717, 1.165) is 0 Å². The molecule has 0 heterocycles. The van der Waals surface area contributed by atoms with Gasteiger partial charge < -0.3 is 70.7 Å².